The molecular formula is C14H20N4O2S. The van der Waals surface area contributed by atoms with Crippen molar-refractivity contribution in [1.82, 2.24) is 15.3 Å². The van der Waals surface area contributed by atoms with E-state index in [4.69, 9.17) is 17.0 Å². The fraction of sp³-hybridized carbons (Fsp3) is 0.429. The number of thiocarbonyl (C=S) groups is 1. The van der Waals surface area contributed by atoms with Gasteiger partial charge in [-0.15, -0.1) is 0 Å². The molecule has 1 heterocycles. The maximum atomic E-state index is 11.6. The molecule has 0 saturated carbocycles. The number of nitrogens with one attached hydrogen (secondary N) is 2. The lowest BCUT2D eigenvalue weighted by molar-refractivity contribution is 0.0727. The van der Waals surface area contributed by atoms with Crippen molar-refractivity contribution in [3.8, 4) is 0 Å². The fourth-order valence-electron chi connectivity index (χ4n) is 2.04. The van der Waals surface area contributed by atoms with Crippen LogP contribution in [0.15, 0.2) is 30.3 Å². The minimum Gasteiger partial charge on any atom is -0.450 e. The first-order valence-electron chi connectivity index (χ1n) is 6.98. The molecule has 114 valence electrons. The first-order valence-corrected chi connectivity index (χ1v) is 7.39. The second kappa shape index (κ2) is 7.80. The molecular weight excluding hydrogens is 288 g/mol. The SMILES string of the molecule is CCOC(=O)N1CCN(NC(=S)Nc2ccccc2)CC1. The van der Waals surface area contributed by atoms with Crippen LogP contribution in [0.4, 0.5) is 10.5 Å². The van der Waals surface area contributed by atoms with E-state index in [2.05, 4.69) is 10.7 Å². The maximum absolute atomic E-state index is 11.6. The van der Waals surface area contributed by atoms with E-state index < -0.39 is 0 Å². The number of hydrazine groups is 1. The minimum atomic E-state index is -0.248. The van der Waals surface area contributed by atoms with Gasteiger partial charge in [-0.3, -0.25) is 5.43 Å². The molecule has 0 aromatic heterocycles. The Morgan fingerprint density at radius 1 is 1.24 bits per heavy atom. The van der Waals surface area contributed by atoms with Crippen LogP contribution >= 0.6 is 12.2 Å². The Morgan fingerprint density at radius 3 is 2.52 bits per heavy atom. The summed E-state index contributed by atoms with van der Waals surface area (Å²) < 4.78 is 4.99. The summed E-state index contributed by atoms with van der Waals surface area (Å²) in [7, 11) is 0. The highest BCUT2D eigenvalue weighted by Gasteiger charge is 2.22. The third-order valence-corrected chi connectivity index (χ3v) is 3.29. The third kappa shape index (κ3) is 4.87. The van der Waals surface area contributed by atoms with Crippen molar-refractivity contribution < 1.29 is 9.53 Å². The van der Waals surface area contributed by atoms with Gasteiger partial charge in [-0.2, -0.15) is 0 Å². The van der Waals surface area contributed by atoms with Gasteiger partial charge in [0.1, 0.15) is 0 Å². The van der Waals surface area contributed by atoms with E-state index >= 15 is 0 Å². The molecule has 1 aliphatic heterocycles. The number of carbonyl (C=O) groups excluding carboxylic acids is 1. The molecule has 2 rings (SSSR count). The van der Waals surface area contributed by atoms with Crippen LogP contribution in [0.1, 0.15) is 6.92 Å². The van der Waals surface area contributed by atoms with Gasteiger partial charge in [0.15, 0.2) is 5.11 Å². The lowest BCUT2D eigenvalue weighted by Gasteiger charge is -2.34. The molecule has 1 aliphatic rings. The Balaban J connectivity index is 1.73. The fourth-order valence-corrected chi connectivity index (χ4v) is 2.29. The van der Waals surface area contributed by atoms with Crippen LogP contribution in [0, 0.1) is 0 Å². The summed E-state index contributed by atoms with van der Waals surface area (Å²) in [5.41, 5.74) is 4.08. The van der Waals surface area contributed by atoms with Gasteiger partial charge in [-0.25, -0.2) is 9.80 Å². The van der Waals surface area contributed by atoms with Gasteiger partial charge >= 0.3 is 6.09 Å². The second-order valence-electron chi connectivity index (χ2n) is 4.60. The minimum absolute atomic E-state index is 0.248. The molecule has 6 nitrogen and oxygen atoms in total. The summed E-state index contributed by atoms with van der Waals surface area (Å²) in [6.07, 6.45) is -0.248. The quantitative estimate of drug-likeness (QED) is 0.828. The van der Waals surface area contributed by atoms with Gasteiger partial charge in [-0.05, 0) is 31.3 Å². The summed E-state index contributed by atoms with van der Waals surface area (Å²) in [6, 6.07) is 9.75. The van der Waals surface area contributed by atoms with Gasteiger partial charge in [-0.1, -0.05) is 18.2 Å². The smallest absolute Gasteiger partial charge is 0.409 e. The van der Waals surface area contributed by atoms with Crippen molar-refractivity contribution in [2.45, 2.75) is 6.92 Å². The number of anilines is 1. The molecule has 0 spiro atoms. The Morgan fingerprint density at radius 2 is 1.90 bits per heavy atom. The molecule has 0 aliphatic carbocycles. The zero-order chi connectivity index (χ0) is 15.1. The molecule has 7 heteroatoms. The summed E-state index contributed by atoms with van der Waals surface area (Å²) in [5.74, 6) is 0. The van der Waals surface area contributed by atoms with Gasteiger partial charge in [0.2, 0.25) is 0 Å². The molecule has 2 N–H and O–H groups in total. The summed E-state index contributed by atoms with van der Waals surface area (Å²) in [4.78, 5) is 13.3. The number of hydrogen-bond donors (Lipinski definition) is 2. The first kappa shape index (κ1) is 15.5. The van der Waals surface area contributed by atoms with Gasteiger partial charge < -0.3 is 15.0 Å². The number of amides is 1. The van der Waals surface area contributed by atoms with Crippen LogP contribution in [-0.4, -0.2) is 53.9 Å². The van der Waals surface area contributed by atoms with Crippen molar-refractivity contribution in [1.29, 1.82) is 0 Å². The molecule has 1 aromatic rings. The average molecular weight is 308 g/mol. The van der Waals surface area contributed by atoms with Crippen LogP contribution in [-0.2, 0) is 4.74 Å². The lowest BCUT2D eigenvalue weighted by atomic mass is 10.3. The van der Waals surface area contributed by atoms with Crippen molar-refractivity contribution in [2.75, 3.05) is 38.1 Å². The summed E-state index contributed by atoms with van der Waals surface area (Å²) in [5, 5.41) is 5.66. The van der Waals surface area contributed by atoms with E-state index in [0.29, 0.717) is 37.9 Å². The number of piperazine rings is 1. The second-order valence-corrected chi connectivity index (χ2v) is 5.01. The molecule has 0 unspecified atom stereocenters. The highest BCUT2D eigenvalue weighted by molar-refractivity contribution is 7.80. The molecule has 0 bridgehead atoms. The van der Waals surface area contributed by atoms with Crippen molar-refractivity contribution in [2.24, 2.45) is 0 Å². The highest BCUT2D eigenvalue weighted by Crippen LogP contribution is 2.05. The Hall–Kier alpha value is -1.86. The monoisotopic (exact) mass is 308 g/mol. The zero-order valence-electron chi connectivity index (χ0n) is 12.0. The first-order chi connectivity index (χ1) is 10.2. The predicted octanol–water partition coefficient (Wildman–Crippen LogP) is 1.66. The van der Waals surface area contributed by atoms with Crippen molar-refractivity contribution >= 4 is 29.1 Å². The molecule has 1 amide bonds. The number of ether oxygens (including phenoxy) is 1. The normalized spacial score (nSPS) is 15.4. The number of rotatable bonds is 3. The largest absolute Gasteiger partial charge is 0.450 e. The lowest BCUT2D eigenvalue weighted by Crippen LogP contribution is -2.55. The standard InChI is InChI=1S/C14H20N4O2S/c1-2-20-14(19)17-8-10-18(11-9-17)16-13(21)15-12-6-4-3-5-7-12/h3-7H,2,8-11H2,1H3,(H2,15,16,21). The maximum Gasteiger partial charge on any atom is 0.409 e. The van der Waals surface area contributed by atoms with E-state index in [1.807, 2.05) is 42.3 Å². The number of nitrogens with zero attached hydrogens (tertiary/aromatic N) is 2. The molecule has 21 heavy (non-hydrogen) atoms. The number of benzene rings is 1. The number of carbonyl (C=O) groups is 1. The van der Waals surface area contributed by atoms with Gasteiger partial charge in [0.25, 0.3) is 0 Å². The van der Waals surface area contributed by atoms with E-state index in [1.165, 1.54) is 0 Å². The molecule has 0 radical (unpaired) electrons. The van der Waals surface area contributed by atoms with E-state index in [9.17, 15) is 4.79 Å². The Bertz CT molecular complexity index is 475. The van der Waals surface area contributed by atoms with Gasteiger partial charge in [0.05, 0.1) is 6.61 Å². The summed E-state index contributed by atoms with van der Waals surface area (Å²) in [6.45, 7) is 4.87. The van der Waals surface area contributed by atoms with E-state index in [1.54, 1.807) is 4.90 Å². The van der Waals surface area contributed by atoms with Gasteiger partial charge in [0, 0.05) is 31.9 Å². The summed E-state index contributed by atoms with van der Waals surface area (Å²) >= 11 is 5.27. The molecule has 1 fully saturated rings. The van der Waals surface area contributed by atoms with Crippen molar-refractivity contribution in [3.63, 3.8) is 0 Å². The molecule has 0 atom stereocenters. The predicted molar refractivity (Wildman–Crippen MR) is 86.0 cm³/mol. The number of para-hydroxylation sites is 1. The van der Waals surface area contributed by atoms with Crippen LogP contribution in [0.5, 0.6) is 0 Å². The van der Waals surface area contributed by atoms with Crippen molar-refractivity contribution in [3.05, 3.63) is 30.3 Å². The molecule has 1 saturated heterocycles. The third-order valence-electron chi connectivity index (χ3n) is 3.10. The zero-order valence-corrected chi connectivity index (χ0v) is 12.9. The average Bonchev–Trinajstić information content (AvgIpc) is 2.49. The van der Waals surface area contributed by atoms with E-state index in [-0.39, 0.29) is 6.09 Å². The van der Waals surface area contributed by atoms with Crippen LogP contribution in [0.25, 0.3) is 0 Å². The van der Waals surface area contributed by atoms with E-state index in [0.717, 1.165) is 5.69 Å². The van der Waals surface area contributed by atoms with Crippen LogP contribution in [0.3, 0.4) is 0 Å². The topological polar surface area (TPSA) is 56.8 Å². The Labute approximate surface area is 130 Å². The number of hydrogen-bond acceptors (Lipinski definition) is 4. The highest BCUT2D eigenvalue weighted by atomic mass is 32.1. The van der Waals surface area contributed by atoms with Crippen LogP contribution < -0.4 is 10.7 Å². The Kier molecular flexibility index (Phi) is 5.77. The molecule has 1 aromatic carbocycles. The van der Waals surface area contributed by atoms with Crippen LogP contribution in [0.2, 0.25) is 0 Å².